The van der Waals surface area contributed by atoms with Crippen LogP contribution in [-0.4, -0.2) is 36.6 Å². The zero-order chi connectivity index (χ0) is 18.9. The quantitative estimate of drug-likeness (QED) is 0.692. The Hall–Kier alpha value is -2.52. The van der Waals surface area contributed by atoms with Gasteiger partial charge in [0.15, 0.2) is 0 Å². The molecule has 3 heteroatoms. The van der Waals surface area contributed by atoms with Crippen molar-refractivity contribution in [1.82, 2.24) is 9.88 Å². The molecular weight excluding hydrogens is 344 g/mol. The maximum absolute atomic E-state index is 5.41. The Morgan fingerprint density at radius 1 is 1.14 bits per heavy atom. The normalized spacial score (nSPS) is 20.0. The predicted molar refractivity (Wildman–Crippen MR) is 116 cm³/mol. The number of methoxy groups -OCH3 is 1. The highest BCUT2D eigenvalue weighted by Gasteiger charge is 2.25. The molecule has 0 spiro atoms. The zero-order valence-electron chi connectivity index (χ0n) is 16.6. The molecule has 0 bridgehead atoms. The van der Waals surface area contributed by atoms with Crippen molar-refractivity contribution in [3.05, 3.63) is 71.4 Å². The van der Waals surface area contributed by atoms with Crippen molar-refractivity contribution in [2.75, 3.05) is 26.7 Å². The molecule has 1 aliphatic carbocycles. The van der Waals surface area contributed by atoms with Crippen molar-refractivity contribution in [3.63, 3.8) is 0 Å². The number of aromatic amines is 1. The number of rotatable bonds is 4. The van der Waals surface area contributed by atoms with Crippen LogP contribution in [0.15, 0.2) is 54.6 Å². The minimum atomic E-state index is 0.747. The molecule has 1 N–H and O–H groups in total. The smallest absolute Gasteiger partial charge is 0.119 e. The molecule has 0 radical (unpaired) electrons. The zero-order valence-corrected chi connectivity index (χ0v) is 16.6. The Morgan fingerprint density at radius 3 is 3.00 bits per heavy atom. The van der Waals surface area contributed by atoms with Crippen LogP contribution in [0.5, 0.6) is 5.75 Å². The molecule has 2 aromatic carbocycles. The molecule has 1 unspecified atom stereocenters. The number of aromatic nitrogens is 1. The number of para-hydroxylation sites is 1. The number of H-pyrrole nitrogens is 1. The Morgan fingerprint density at radius 2 is 2.07 bits per heavy atom. The number of aryl methyl sites for hydroxylation is 1. The van der Waals surface area contributed by atoms with Crippen LogP contribution in [0.4, 0.5) is 0 Å². The Balaban J connectivity index is 1.29. The summed E-state index contributed by atoms with van der Waals surface area (Å²) in [5, 5.41) is 1.43. The van der Waals surface area contributed by atoms with E-state index in [2.05, 4.69) is 58.4 Å². The van der Waals surface area contributed by atoms with E-state index >= 15 is 0 Å². The molecule has 144 valence electrons. The van der Waals surface area contributed by atoms with Gasteiger partial charge in [-0.2, -0.15) is 0 Å². The van der Waals surface area contributed by atoms with Gasteiger partial charge >= 0.3 is 0 Å². The molecule has 3 aromatic rings. The van der Waals surface area contributed by atoms with Gasteiger partial charge in [0.05, 0.1) is 7.11 Å². The van der Waals surface area contributed by atoms with E-state index in [1.807, 2.05) is 6.07 Å². The molecular formula is C25H28N2O. The van der Waals surface area contributed by atoms with E-state index in [0.29, 0.717) is 0 Å². The van der Waals surface area contributed by atoms with Crippen LogP contribution in [0.25, 0.3) is 16.5 Å². The van der Waals surface area contributed by atoms with Crippen molar-refractivity contribution in [2.24, 2.45) is 5.92 Å². The first-order chi connectivity index (χ1) is 13.8. The van der Waals surface area contributed by atoms with Gasteiger partial charge in [0.2, 0.25) is 0 Å². The standard InChI is InChI=1S/C25H28N2O/c1-28-21-8-4-6-19(15-21)20-7-5-13-27(17-20)16-18-11-12-25-23(14-18)22-9-2-3-10-24(22)26-25/h2-4,6-10,15,18,26H,5,11-14,16-17H2,1H3. The summed E-state index contributed by atoms with van der Waals surface area (Å²) in [6.07, 6.45) is 7.21. The third-order valence-corrected chi connectivity index (χ3v) is 6.38. The van der Waals surface area contributed by atoms with Crippen LogP contribution in [0.2, 0.25) is 0 Å². The lowest BCUT2D eigenvalue weighted by Gasteiger charge is -2.32. The van der Waals surface area contributed by atoms with E-state index in [1.165, 1.54) is 60.1 Å². The number of nitrogens with one attached hydrogen (secondary N) is 1. The van der Waals surface area contributed by atoms with Crippen LogP contribution in [-0.2, 0) is 12.8 Å². The van der Waals surface area contributed by atoms with E-state index in [9.17, 15) is 0 Å². The summed E-state index contributed by atoms with van der Waals surface area (Å²) in [6.45, 7) is 3.41. The van der Waals surface area contributed by atoms with Crippen molar-refractivity contribution >= 4 is 16.5 Å². The van der Waals surface area contributed by atoms with Crippen molar-refractivity contribution in [2.45, 2.75) is 25.7 Å². The SMILES string of the molecule is COc1cccc(C2=CCCN(CC3CCc4[nH]c5ccccc5c4C3)C2)c1. The number of benzene rings is 2. The average Bonchev–Trinajstić information content (AvgIpc) is 3.12. The summed E-state index contributed by atoms with van der Waals surface area (Å²) in [6, 6.07) is 17.2. The molecule has 5 rings (SSSR count). The lowest BCUT2D eigenvalue weighted by Crippen LogP contribution is -2.35. The van der Waals surface area contributed by atoms with Crippen molar-refractivity contribution in [1.29, 1.82) is 0 Å². The van der Waals surface area contributed by atoms with Gasteiger partial charge in [-0.3, -0.25) is 4.90 Å². The van der Waals surface area contributed by atoms with Gasteiger partial charge in [-0.05, 0) is 66.5 Å². The Bertz CT molecular complexity index is 1020. The first-order valence-corrected chi connectivity index (χ1v) is 10.4. The fourth-order valence-electron chi connectivity index (χ4n) is 4.96. The van der Waals surface area contributed by atoms with Gasteiger partial charge in [0.25, 0.3) is 0 Å². The molecule has 1 aromatic heterocycles. The molecule has 0 saturated carbocycles. The van der Waals surface area contributed by atoms with E-state index in [-0.39, 0.29) is 0 Å². The largest absolute Gasteiger partial charge is 0.497 e. The van der Waals surface area contributed by atoms with Gasteiger partial charge in [0.1, 0.15) is 5.75 Å². The summed E-state index contributed by atoms with van der Waals surface area (Å²) in [7, 11) is 1.74. The van der Waals surface area contributed by atoms with Crippen LogP contribution < -0.4 is 4.74 Å². The summed E-state index contributed by atoms with van der Waals surface area (Å²) < 4.78 is 5.41. The highest BCUT2D eigenvalue weighted by molar-refractivity contribution is 5.84. The van der Waals surface area contributed by atoms with Crippen LogP contribution >= 0.6 is 0 Å². The van der Waals surface area contributed by atoms with Crippen molar-refractivity contribution < 1.29 is 4.74 Å². The molecule has 3 nitrogen and oxygen atoms in total. The summed E-state index contributed by atoms with van der Waals surface area (Å²) in [4.78, 5) is 6.30. The summed E-state index contributed by atoms with van der Waals surface area (Å²) in [5.41, 5.74) is 7.06. The van der Waals surface area contributed by atoms with E-state index < -0.39 is 0 Å². The number of hydrogen-bond acceptors (Lipinski definition) is 2. The Labute approximate surface area is 167 Å². The highest BCUT2D eigenvalue weighted by Crippen LogP contribution is 2.33. The first kappa shape index (κ1) is 17.6. The van der Waals surface area contributed by atoms with Gasteiger partial charge in [-0.25, -0.2) is 0 Å². The van der Waals surface area contributed by atoms with Crippen LogP contribution in [0.1, 0.15) is 29.7 Å². The van der Waals surface area contributed by atoms with Gasteiger partial charge in [-0.1, -0.05) is 36.4 Å². The molecule has 2 aliphatic rings. The number of hydrogen-bond donors (Lipinski definition) is 1. The second-order valence-electron chi connectivity index (χ2n) is 8.22. The minimum Gasteiger partial charge on any atom is -0.497 e. The average molecular weight is 373 g/mol. The maximum atomic E-state index is 5.41. The molecule has 1 aliphatic heterocycles. The molecule has 0 fully saturated rings. The van der Waals surface area contributed by atoms with Gasteiger partial charge in [-0.15, -0.1) is 0 Å². The lowest BCUT2D eigenvalue weighted by atomic mass is 9.85. The van der Waals surface area contributed by atoms with Crippen LogP contribution in [0.3, 0.4) is 0 Å². The molecule has 28 heavy (non-hydrogen) atoms. The number of ether oxygens (including phenoxy) is 1. The van der Waals surface area contributed by atoms with E-state index in [0.717, 1.165) is 24.6 Å². The summed E-state index contributed by atoms with van der Waals surface area (Å²) >= 11 is 0. The van der Waals surface area contributed by atoms with E-state index in [4.69, 9.17) is 4.74 Å². The second-order valence-corrected chi connectivity index (χ2v) is 8.22. The first-order valence-electron chi connectivity index (χ1n) is 10.4. The second kappa shape index (κ2) is 7.48. The van der Waals surface area contributed by atoms with Crippen molar-refractivity contribution in [3.8, 4) is 5.75 Å². The fraction of sp³-hybridized carbons (Fsp3) is 0.360. The van der Waals surface area contributed by atoms with Crippen LogP contribution in [0, 0.1) is 5.92 Å². The fourth-order valence-corrected chi connectivity index (χ4v) is 4.96. The molecule has 2 heterocycles. The molecule has 0 saturated heterocycles. The topological polar surface area (TPSA) is 28.3 Å². The predicted octanol–water partition coefficient (Wildman–Crippen LogP) is 5.07. The third kappa shape index (κ3) is 3.35. The van der Waals surface area contributed by atoms with E-state index in [1.54, 1.807) is 12.7 Å². The molecule has 1 atom stereocenters. The summed E-state index contributed by atoms with van der Waals surface area (Å²) in [5.74, 6) is 1.69. The maximum Gasteiger partial charge on any atom is 0.119 e. The lowest BCUT2D eigenvalue weighted by molar-refractivity contribution is 0.240. The van der Waals surface area contributed by atoms with Gasteiger partial charge in [0, 0.05) is 36.2 Å². The minimum absolute atomic E-state index is 0.747. The monoisotopic (exact) mass is 372 g/mol. The highest BCUT2D eigenvalue weighted by atomic mass is 16.5. The third-order valence-electron chi connectivity index (χ3n) is 6.38. The number of fused-ring (bicyclic) bond motifs is 3. The number of nitrogens with zero attached hydrogens (tertiary/aromatic N) is 1. The Kier molecular flexibility index (Phi) is 4.69. The molecule has 0 amide bonds. The van der Waals surface area contributed by atoms with Gasteiger partial charge < -0.3 is 9.72 Å².